The van der Waals surface area contributed by atoms with E-state index in [0.717, 1.165) is 16.3 Å². The van der Waals surface area contributed by atoms with Crippen molar-refractivity contribution in [2.45, 2.75) is 32.4 Å². The van der Waals surface area contributed by atoms with E-state index in [0.29, 0.717) is 6.54 Å². The topological polar surface area (TPSA) is 64.3 Å². The third kappa shape index (κ3) is 4.20. The van der Waals surface area contributed by atoms with Crippen LogP contribution >= 0.6 is 0 Å². The molecule has 0 radical (unpaired) electrons. The molecule has 112 valence electrons. The van der Waals surface area contributed by atoms with Gasteiger partial charge in [-0.1, -0.05) is 42.5 Å². The summed E-state index contributed by atoms with van der Waals surface area (Å²) in [6.07, 6.45) is -0.446. The molecule has 0 aromatic heterocycles. The van der Waals surface area contributed by atoms with E-state index >= 15 is 0 Å². The van der Waals surface area contributed by atoms with E-state index in [1.165, 1.54) is 0 Å². The smallest absolute Gasteiger partial charge is 0.407 e. The number of carbonyl (C=O) groups is 1. The summed E-state index contributed by atoms with van der Waals surface area (Å²) in [7, 11) is 0. The molecule has 1 atom stereocenters. The number of benzene rings is 2. The molecule has 0 aliphatic rings. The summed E-state index contributed by atoms with van der Waals surface area (Å²) in [5.41, 5.74) is 6.71. The molecule has 4 heteroatoms. The molecule has 1 amide bonds. The van der Waals surface area contributed by atoms with Gasteiger partial charge in [-0.2, -0.15) is 0 Å². The van der Waals surface area contributed by atoms with Crippen LogP contribution in [-0.4, -0.2) is 18.2 Å². The monoisotopic (exact) mass is 286 g/mol. The van der Waals surface area contributed by atoms with E-state index in [2.05, 4.69) is 5.32 Å². The molecule has 0 heterocycles. The van der Waals surface area contributed by atoms with E-state index in [4.69, 9.17) is 10.5 Å². The number of hydrogen-bond donors (Lipinski definition) is 2. The Kier molecular flexibility index (Phi) is 4.48. The Hall–Kier alpha value is -2.07. The van der Waals surface area contributed by atoms with Crippen LogP contribution in [0.5, 0.6) is 0 Å². The van der Waals surface area contributed by atoms with Gasteiger partial charge in [0.2, 0.25) is 0 Å². The Balaban J connectivity index is 2.06. The lowest BCUT2D eigenvalue weighted by molar-refractivity contribution is 0.0524. The predicted molar refractivity (Wildman–Crippen MR) is 85.1 cm³/mol. The summed E-state index contributed by atoms with van der Waals surface area (Å²) in [6, 6.07) is 13.8. The van der Waals surface area contributed by atoms with Crippen molar-refractivity contribution in [2.75, 3.05) is 6.54 Å². The van der Waals surface area contributed by atoms with Crippen LogP contribution in [0.4, 0.5) is 4.79 Å². The van der Waals surface area contributed by atoms with Gasteiger partial charge in [0.05, 0.1) is 0 Å². The molecule has 0 saturated heterocycles. The fraction of sp³-hybridized carbons (Fsp3) is 0.353. The molecule has 21 heavy (non-hydrogen) atoms. The van der Waals surface area contributed by atoms with E-state index in [9.17, 15) is 4.79 Å². The lowest BCUT2D eigenvalue weighted by Crippen LogP contribution is -2.36. The fourth-order valence-electron chi connectivity index (χ4n) is 2.19. The molecule has 0 unspecified atom stereocenters. The second-order valence-corrected chi connectivity index (χ2v) is 6.06. The van der Waals surface area contributed by atoms with Gasteiger partial charge in [0.1, 0.15) is 5.60 Å². The number of nitrogens with one attached hydrogen (secondary N) is 1. The van der Waals surface area contributed by atoms with Crippen LogP contribution in [-0.2, 0) is 4.74 Å². The van der Waals surface area contributed by atoms with E-state index in [1.54, 1.807) is 0 Å². The minimum absolute atomic E-state index is 0.274. The lowest BCUT2D eigenvalue weighted by atomic mass is 9.99. The first kappa shape index (κ1) is 15.3. The number of fused-ring (bicyclic) bond motifs is 1. The van der Waals surface area contributed by atoms with Crippen molar-refractivity contribution in [3.8, 4) is 0 Å². The second kappa shape index (κ2) is 6.14. The van der Waals surface area contributed by atoms with Crippen molar-refractivity contribution in [3.05, 3.63) is 48.0 Å². The summed E-state index contributed by atoms with van der Waals surface area (Å²) in [5, 5.41) is 4.97. The standard InChI is InChI=1S/C17H22N2O2/c1-17(2,3)21-16(20)19-11-15(18)14-10-6-8-12-7-4-5-9-13(12)14/h4-10,15H,11,18H2,1-3H3,(H,19,20)/t15-/m1/s1. The normalized spacial score (nSPS) is 13.0. The van der Waals surface area contributed by atoms with Crippen LogP contribution in [0.2, 0.25) is 0 Å². The first-order valence-corrected chi connectivity index (χ1v) is 7.07. The molecule has 2 rings (SSSR count). The van der Waals surface area contributed by atoms with Gasteiger partial charge in [0.25, 0.3) is 0 Å². The molecule has 2 aromatic carbocycles. The third-order valence-corrected chi connectivity index (χ3v) is 3.09. The zero-order valence-electron chi connectivity index (χ0n) is 12.7. The molecule has 0 aliphatic heterocycles. The SMILES string of the molecule is CC(C)(C)OC(=O)NC[C@@H](N)c1cccc2ccccc12. The largest absolute Gasteiger partial charge is 0.444 e. The average Bonchev–Trinajstić information content (AvgIpc) is 2.42. The number of hydrogen-bond acceptors (Lipinski definition) is 3. The van der Waals surface area contributed by atoms with Crippen LogP contribution in [0.15, 0.2) is 42.5 Å². The molecule has 0 bridgehead atoms. The maximum absolute atomic E-state index is 11.7. The molecular weight excluding hydrogens is 264 g/mol. The first-order valence-electron chi connectivity index (χ1n) is 7.07. The van der Waals surface area contributed by atoms with Gasteiger partial charge in [0.15, 0.2) is 0 Å². The number of rotatable bonds is 3. The Morgan fingerprint density at radius 2 is 1.86 bits per heavy atom. The molecule has 3 N–H and O–H groups in total. The summed E-state index contributed by atoms with van der Waals surface area (Å²) in [5.74, 6) is 0. The number of ether oxygens (including phenoxy) is 1. The summed E-state index contributed by atoms with van der Waals surface area (Å²) in [4.78, 5) is 11.7. The molecule has 0 aliphatic carbocycles. The maximum atomic E-state index is 11.7. The second-order valence-electron chi connectivity index (χ2n) is 6.06. The Morgan fingerprint density at radius 1 is 1.19 bits per heavy atom. The van der Waals surface area contributed by atoms with Gasteiger partial charge in [-0.05, 0) is 37.1 Å². The quantitative estimate of drug-likeness (QED) is 0.909. The van der Waals surface area contributed by atoms with Gasteiger partial charge < -0.3 is 15.8 Å². The van der Waals surface area contributed by atoms with Gasteiger partial charge in [-0.15, -0.1) is 0 Å². The number of amides is 1. The average molecular weight is 286 g/mol. The molecule has 4 nitrogen and oxygen atoms in total. The zero-order valence-corrected chi connectivity index (χ0v) is 12.7. The molecule has 2 aromatic rings. The third-order valence-electron chi connectivity index (χ3n) is 3.09. The summed E-state index contributed by atoms with van der Waals surface area (Å²) < 4.78 is 5.21. The van der Waals surface area contributed by atoms with Crippen LogP contribution < -0.4 is 11.1 Å². The maximum Gasteiger partial charge on any atom is 0.407 e. The van der Waals surface area contributed by atoms with Crippen LogP contribution in [0.3, 0.4) is 0 Å². The fourth-order valence-corrected chi connectivity index (χ4v) is 2.19. The van der Waals surface area contributed by atoms with Crippen LogP contribution in [0, 0.1) is 0 Å². The summed E-state index contributed by atoms with van der Waals surface area (Å²) >= 11 is 0. The molecular formula is C17H22N2O2. The van der Waals surface area contributed by atoms with E-state index in [-0.39, 0.29) is 6.04 Å². The van der Waals surface area contributed by atoms with Crippen molar-refractivity contribution < 1.29 is 9.53 Å². The van der Waals surface area contributed by atoms with Crippen molar-refractivity contribution in [1.82, 2.24) is 5.32 Å². The first-order chi connectivity index (χ1) is 9.87. The number of carbonyl (C=O) groups excluding carboxylic acids is 1. The highest BCUT2D eigenvalue weighted by Crippen LogP contribution is 2.22. The Bertz CT molecular complexity index is 627. The van der Waals surface area contributed by atoms with Crippen molar-refractivity contribution in [2.24, 2.45) is 5.73 Å². The van der Waals surface area contributed by atoms with E-state index in [1.807, 2.05) is 63.2 Å². The van der Waals surface area contributed by atoms with Crippen LogP contribution in [0.1, 0.15) is 32.4 Å². The predicted octanol–water partition coefficient (Wildman–Crippen LogP) is 3.36. The minimum Gasteiger partial charge on any atom is -0.444 e. The molecule has 0 spiro atoms. The Labute approximate surface area is 125 Å². The minimum atomic E-state index is -0.506. The molecule has 0 fully saturated rings. The lowest BCUT2D eigenvalue weighted by Gasteiger charge is -2.21. The number of nitrogens with two attached hydrogens (primary N) is 1. The number of alkyl carbamates (subject to hydrolysis) is 1. The highest BCUT2D eigenvalue weighted by molar-refractivity contribution is 5.86. The highest BCUT2D eigenvalue weighted by Gasteiger charge is 2.17. The van der Waals surface area contributed by atoms with Gasteiger partial charge in [-0.25, -0.2) is 4.79 Å². The van der Waals surface area contributed by atoms with E-state index < -0.39 is 11.7 Å². The zero-order chi connectivity index (χ0) is 15.5. The van der Waals surface area contributed by atoms with Crippen molar-refractivity contribution in [3.63, 3.8) is 0 Å². The van der Waals surface area contributed by atoms with Gasteiger partial charge in [0, 0.05) is 12.6 Å². The van der Waals surface area contributed by atoms with Crippen molar-refractivity contribution in [1.29, 1.82) is 0 Å². The highest BCUT2D eigenvalue weighted by atomic mass is 16.6. The van der Waals surface area contributed by atoms with Crippen molar-refractivity contribution >= 4 is 16.9 Å². The summed E-state index contributed by atoms with van der Waals surface area (Å²) in [6.45, 7) is 5.83. The van der Waals surface area contributed by atoms with Gasteiger partial charge >= 0.3 is 6.09 Å². The van der Waals surface area contributed by atoms with Gasteiger partial charge in [-0.3, -0.25) is 0 Å². The Morgan fingerprint density at radius 3 is 2.57 bits per heavy atom. The molecule has 0 saturated carbocycles. The van der Waals surface area contributed by atoms with Crippen LogP contribution in [0.25, 0.3) is 10.8 Å².